The van der Waals surface area contributed by atoms with E-state index in [1.165, 1.54) is 19.3 Å². The van der Waals surface area contributed by atoms with Crippen molar-refractivity contribution in [2.75, 3.05) is 13.2 Å². The highest BCUT2D eigenvalue weighted by atomic mass is 32.1. The number of rotatable bonds is 6. The molecule has 0 amide bonds. The van der Waals surface area contributed by atoms with Crippen molar-refractivity contribution in [3.63, 3.8) is 0 Å². The fraction of sp³-hybridized carbons (Fsp3) is 0.588. The maximum Gasteiger partial charge on any atom is 0.119 e. The van der Waals surface area contributed by atoms with E-state index >= 15 is 0 Å². The predicted octanol–water partition coefficient (Wildman–Crippen LogP) is 3.35. The minimum atomic E-state index is 0.413. The van der Waals surface area contributed by atoms with Crippen LogP contribution < -0.4 is 10.5 Å². The van der Waals surface area contributed by atoms with Crippen molar-refractivity contribution in [1.82, 2.24) is 4.90 Å². The Morgan fingerprint density at radius 1 is 1.33 bits per heavy atom. The normalized spacial score (nSPS) is 23.0. The molecule has 0 spiro atoms. The molecule has 3 nitrogen and oxygen atoms in total. The second kappa shape index (κ2) is 7.76. The van der Waals surface area contributed by atoms with Gasteiger partial charge in [0, 0.05) is 24.2 Å². The first-order valence-corrected chi connectivity index (χ1v) is 8.27. The molecule has 2 rings (SSSR count). The van der Waals surface area contributed by atoms with E-state index in [-0.39, 0.29) is 0 Å². The van der Waals surface area contributed by atoms with Crippen molar-refractivity contribution in [2.45, 2.75) is 51.6 Å². The molecular formula is C17H26N2OS. The fourth-order valence-electron chi connectivity index (χ4n) is 3.09. The number of nitrogens with zero attached hydrogens (tertiary/aromatic N) is 1. The quantitative estimate of drug-likeness (QED) is 0.646. The van der Waals surface area contributed by atoms with Crippen LogP contribution in [0.15, 0.2) is 24.3 Å². The van der Waals surface area contributed by atoms with Crippen LogP contribution in [0.4, 0.5) is 0 Å². The smallest absolute Gasteiger partial charge is 0.119 e. The summed E-state index contributed by atoms with van der Waals surface area (Å²) in [6.45, 7) is 6.51. The molecule has 2 N–H and O–H groups in total. The highest BCUT2D eigenvalue weighted by Gasteiger charge is 2.23. The summed E-state index contributed by atoms with van der Waals surface area (Å²) in [7, 11) is 0. The second-order valence-corrected chi connectivity index (χ2v) is 6.40. The third kappa shape index (κ3) is 4.68. The molecule has 1 heterocycles. The predicted molar refractivity (Wildman–Crippen MR) is 91.9 cm³/mol. The van der Waals surface area contributed by atoms with Gasteiger partial charge in [-0.15, -0.1) is 0 Å². The minimum absolute atomic E-state index is 0.413. The summed E-state index contributed by atoms with van der Waals surface area (Å²) in [5.41, 5.74) is 6.50. The molecule has 1 aliphatic rings. The number of thiocarbonyl (C=S) groups is 1. The van der Waals surface area contributed by atoms with Gasteiger partial charge in [0.15, 0.2) is 0 Å². The van der Waals surface area contributed by atoms with Gasteiger partial charge in [0.25, 0.3) is 0 Å². The summed E-state index contributed by atoms with van der Waals surface area (Å²) >= 11 is 4.98. The fourth-order valence-corrected chi connectivity index (χ4v) is 3.22. The van der Waals surface area contributed by atoms with Crippen molar-refractivity contribution in [2.24, 2.45) is 5.73 Å². The first kappa shape index (κ1) is 16.2. The monoisotopic (exact) mass is 306 g/mol. The molecule has 21 heavy (non-hydrogen) atoms. The number of likely N-dealkylation sites (tertiary alicyclic amines) is 1. The van der Waals surface area contributed by atoms with Crippen molar-refractivity contribution < 1.29 is 4.74 Å². The number of piperidine rings is 1. The summed E-state index contributed by atoms with van der Waals surface area (Å²) < 4.78 is 5.82. The third-order valence-corrected chi connectivity index (χ3v) is 4.56. The van der Waals surface area contributed by atoms with Crippen LogP contribution in [-0.2, 0) is 0 Å². The lowest BCUT2D eigenvalue weighted by molar-refractivity contribution is 0.0961. The molecule has 1 aromatic rings. The number of nitrogens with two attached hydrogens (primary N) is 1. The van der Waals surface area contributed by atoms with Crippen LogP contribution in [-0.4, -0.2) is 35.1 Å². The van der Waals surface area contributed by atoms with E-state index in [0.717, 1.165) is 30.9 Å². The van der Waals surface area contributed by atoms with E-state index in [1.54, 1.807) is 0 Å². The van der Waals surface area contributed by atoms with Gasteiger partial charge in [-0.3, -0.25) is 4.90 Å². The molecule has 0 saturated carbocycles. The second-order valence-electron chi connectivity index (χ2n) is 5.96. The Labute approximate surface area is 133 Å². The SMILES string of the molecule is CC1CCCC(C)N1CCCOc1cccc(C(N)=S)c1. The summed E-state index contributed by atoms with van der Waals surface area (Å²) in [6.07, 6.45) is 5.05. The lowest BCUT2D eigenvalue weighted by Crippen LogP contribution is -2.44. The Morgan fingerprint density at radius 3 is 2.71 bits per heavy atom. The van der Waals surface area contributed by atoms with Gasteiger partial charge in [-0.25, -0.2) is 0 Å². The van der Waals surface area contributed by atoms with Crippen LogP contribution in [0.3, 0.4) is 0 Å². The molecule has 116 valence electrons. The van der Waals surface area contributed by atoms with Crippen LogP contribution >= 0.6 is 12.2 Å². The van der Waals surface area contributed by atoms with Gasteiger partial charge in [-0.1, -0.05) is 30.8 Å². The van der Waals surface area contributed by atoms with Gasteiger partial charge >= 0.3 is 0 Å². The van der Waals surface area contributed by atoms with Crippen molar-refractivity contribution in [3.05, 3.63) is 29.8 Å². The molecular weight excluding hydrogens is 280 g/mol. The number of hydrogen-bond donors (Lipinski definition) is 1. The Hall–Kier alpha value is -1.13. The van der Waals surface area contributed by atoms with Gasteiger partial charge in [-0.2, -0.15) is 0 Å². The first-order chi connectivity index (χ1) is 10.1. The maximum atomic E-state index is 5.82. The van der Waals surface area contributed by atoms with Gasteiger partial charge in [-0.05, 0) is 45.2 Å². The standard InChI is InChI=1S/C17H26N2OS/c1-13-6-3-7-14(2)19(13)10-5-11-20-16-9-4-8-15(12-16)17(18)21/h4,8-9,12-14H,3,5-7,10-11H2,1-2H3,(H2,18,21). The lowest BCUT2D eigenvalue weighted by Gasteiger charge is -2.39. The number of hydrogen-bond acceptors (Lipinski definition) is 3. The van der Waals surface area contributed by atoms with E-state index in [9.17, 15) is 0 Å². The van der Waals surface area contributed by atoms with Crippen LogP contribution in [0.2, 0.25) is 0 Å². The van der Waals surface area contributed by atoms with Crippen LogP contribution in [0.25, 0.3) is 0 Å². The zero-order valence-corrected chi connectivity index (χ0v) is 13.9. The minimum Gasteiger partial charge on any atom is -0.494 e. The zero-order valence-electron chi connectivity index (χ0n) is 13.0. The van der Waals surface area contributed by atoms with E-state index in [0.29, 0.717) is 17.1 Å². The first-order valence-electron chi connectivity index (χ1n) is 7.86. The molecule has 1 aliphatic heterocycles. The van der Waals surface area contributed by atoms with E-state index in [2.05, 4.69) is 18.7 Å². The van der Waals surface area contributed by atoms with Crippen LogP contribution in [0.1, 0.15) is 45.1 Å². The van der Waals surface area contributed by atoms with Crippen LogP contribution in [0, 0.1) is 0 Å². The van der Waals surface area contributed by atoms with E-state index in [4.69, 9.17) is 22.7 Å². The zero-order chi connectivity index (χ0) is 15.2. The van der Waals surface area contributed by atoms with Gasteiger partial charge < -0.3 is 10.5 Å². The highest BCUT2D eigenvalue weighted by Crippen LogP contribution is 2.22. The average molecular weight is 306 g/mol. The van der Waals surface area contributed by atoms with Gasteiger partial charge in [0.1, 0.15) is 10.7 Å². The van der Waals surface area contributed by atoms with Gasteiger partial charge in [0.05, 0.1) is 6.61 Å². The highest BCUT2D eigenvalue weighted by molar-refractivity contribution is 7.80. The maximum absolute atomic E-state index is 5.82. The van der Waals surface area contributed by atoms with E-state index < -0.39 is 0 Å². The van der Waals surface area contributed by atoms with Crippen molar-refractivity contribution >= 4 is 17.2 Å². The molecule has 1 aromatic carbocycles. The molecule has 1 fully saturated rings. The largest absolute Gasteiger partial charge is 0.494 e. The van der Waals surface area contributed by atoms with Gasteiger partial charge in [0.2, 0.25) is 0 Å². The molecule has 4 heteroatoms. The summed E-state index contributed by atoms with van der Waals surface area (Å²) in [5, 5.41) is 0. The Kier molecular flexibility index (Phi) is 6.00. The number of benzene rings is 1. The van der Waals surface area contributed by atoms with Crippen molar-refractivity contribution in [1.29, 1.82) is 0 Å². The lowest BCUT2D eigenvalue weighted by atomic mass is 9.97. The molecule has 0 aromatic heterocycles. The molecule has 1 saturated heterocycles. The topological polar surface area (TPSA) is 38.5 Å². The summed E-state index contributed by atoms with van der Waals surface area (Å²) in [4.78, 5) is 3.02. The molecule has 0 aliphatic carbocycles. The summed E-state index contributed by atoms with van der Waals surface area (Å²) in [5.74, 6) is 0.847. The van der Waals surface area contributed by atoms with E-state index in [1.807, 2.05) is 24.3 Å². The summed E-state index contributed by atoms with van der Waals surface area (Å²) in [6, 6.07) is 9.10. The third-order valence-electron chi connectivity index (χ3n) is 4.32. The molecule has 2 unspecified atom stereocenters. The average Bonchev–Trinajstić information content (AvgIpc) is 2.46. The molecule has 0 radical (unpaired) electrons. The Balaban J connectivity index is 1.76. The number of ether oxygens (including phenoxy) is 1. The Bertz CT molecular complexity index is 468. The van der Waals surface area contributed by atoms with Crippen LogP contribution in [0.5, 0.6) is 5.75 Å². The molecule has 0 bridgehead atoms. The Morgan fingerprint density at radius 2 is 2.05 bits per heavy atom. The van der Waals surface area contributed by atoms with Crippen molar-refractivity contribution in [3.8, 4) is 5.75 Å². The molecule has 2 atom stereocenters.